The van der Waals surface area contributed by atoms with Gasteiger partial charge in [-0.2, -0.15) is 4.31 Å². The van der Waals surface area contributed by atoms with Gasteiger partial charge in [0.15, 0.2) is 0 Å². The van der Waals surface area contributed by atoms with E-state index in [0.29, 0.717) is 42.1 Å². The first-order valence-electron chi connectivity index (χ1n) is 11.8. The molecule has 0 radical (unpaired) electrons. The molecule has 0 N–H and O–H groups in total. The maximum absolute atomic E-state index is 14.7. The standard InChI is InChI=1S/C27H28ClFN2O4S/c1-30-15-7-8-16-31(36(33,34)26-12-6-5-11-24(26)29)22(17-20-9-3-2-4-10-20)19-35-25-14-13-21(28)18-23(25)27(30)32/h2-6,9-14,18,22H,7-8,15-17,19H2,1H3/t22-/m1/s1. The molecule has 0 fully saturated rings. The van der Waals surface area contributed by atoms with Crippen LogP contribution in [0.4, 0.5) is 4.39 Å². The molecule has 36 heavy (non-hydrogen) atoms. The van der Waals surface area contributed by atoms with Gasteiger partial charge < -0.3 is 9.64 Å². The first kappa shape index (κ1) is 26.1. The molecule has 190 valence electrons. The number of amides is 1. The Morgan fingerprint density at radius 2 is 1.69 bits per heavy atom. The lowest BCUT2D eigenvalue weighted by atomic mass is 10.1. The molecule has 6 nitrogen and oxygen atoms in total. The Morgan fingerprint density at radius 1 is 1.00 bits per heavy atom. The van der Waals surface area contributed by atoms with E-state index >= 15 is 0 Å². The first-order valence-corrected chi connectivity index (χ1v) is 13.6. The second-order valence-electron chi connectivity index (χ2n) is 8.78. The molecular formula is C27H28ClFN2O4S. The summed E-state index contributed by atoms with van der Waals surface area (Å²) in [6.45, 7) is 0.545. The zero-order valence-corrected chi connectivity index (χ0v) is 21.5. The van der Waals surface area contributed by atoms with Gasteiger partial charge in [0.25, 0.3) is 5.91 Å². The zero-order chi connectivity index (χ0) is 25.7. The molecule has 0 aromatic heterocycles. The van der Waals surface area contributed by atoms with Gasteiger partial charge >= 0.3 is 0 Å². The molecule has 9 heteroatoms. The van der Waals surface area contributed by atoms with Crippen molar-refractivity contribution in [2.24, 2.45) is 0 Å². The van der Waals surface area contributed by atoms with Crippen molar-refractivity contribution >= 4 is 27.5 Å². The third kappa shape index (κ3) is 5.88. The van der Waals surface area contributed by atoms with Crippen LogP contribution in [-0.4, -0.2) is 56.3 Å². The number of ether oxygens (including phenoxy) is 1. The predicted octanol–water partition coefficient (Wildman–Crippen LogP) is 5.03. The molecular weight excluding hydrogens is 503 g/mol. The second kappa shape index (κ2) is 11.4. The quantitative estimate of drug-likeness (QED) is 0.475. The number of benzene rings is 3. The van der Waals surface area contributed by atoms with Crippen LogP contribution in [-0.2, 0) is 16.4 Å². The Bertz CT molecular complexity index is 1320. The fourth-order valence-corrected chi connectivity index (χ4v) is 6.20. The third-order valence-corrected chi connectivity index (χ3v) is 8.44. The number of nitrogens with zero attached hydrogens (tertiary/aromatic N) is 2. The highest BCUT2D eigenvalue weighted by Gasteiger charge is 2.34. The lowest BCUT2D eigenvalue weighted by Crippen LogP contribution is -2.46. The topological polar surface area (TPSA) is 66.9 Å². The van der Waals surface area contributed by atoms with Gasteiger partial charge in [-0.15, -0.1) is 0 Å². The van der Waals surface area contributed by atoms with Crippen LogP contribution in [0.5, 0.6) is 5.75 Å². The molecule has 0 bridgehead atoms. The Hall–Kier alpha value is -2.94. The van der Waals surface area contributed by atoms with Gasteiger partial charge in [-0.25, -0.2) is 12.8 Å². The van der Waals surface area contributed by atoms with E-state index in [2.05, 4.69) is 0 Å². The number of sulfonamides is 1. The maximum Gasteiger partial charge on any atom is 0.257 e. The molecule has 1 heterocycles. The number of carbonyl (C=O) groups is 1. The molecule has 3 aromatic rings. The van der Waals surface area contributed by atoms with Gasteiger partial charge in [-0.3, -0.25) is 4.79 Å². The van der Waals surface area contributed by atoms with Crippen molar-refractivity contribution in [1.29, 1.82) is 0 Å². The van der Waals surface area contributed by atoms with Crippen molar-refractivity contribution in [3.8, 4) is 5.75 Å². The van der Waals surface area contributed by atoms with Crippen LogP contribution < -0.4 is 4.74 Å². The van der Waals surface area contributed by atoms with Crippen molar-refractivity contribution < 1.29 is 22.3 Å². The summed E-state index contributed by atoms with van der Waals surface area (Å²) in [6.07, 6.45) is 1.41. The number of halogens is 2. The van der Waals surface area contributed by atoms with Crippen molar-refractivity contribution in [3.05, 3.63) is 94.8 Å². The third-order valence-electron chi connectivity index (χ3n) is 6.22. The maximum atomic E-state index is 14.7. The highest BCUT2D eigenvalue weighted by Crippen LogP contribution is 2.28. The van der Waals surface area contributed by atoms with Crippen molar-refractivity contribution in [2.75, 3.05) is 26.7 Å². The van der Waals surface area contributed by atoms with Crippen molar-refractivity contribution in [3.63, 3.8) is 0 Å². The van der Waals surface area contributed by atoms with E-state index in [1.807, 2.05) is 30.3 Å². The number of fused-ring (bicyclic) bond motifs is 1. The monoisotopic (exact) mass is 530 g/mol. The van der Waals surface area contributed by atoms with Gasteiger partial charge in [0.2, 0.25) is 10.0 Å². The lowest BCUT2D eigenvalue weighted by molar-refractivity contribution is 0.0781. The van der Waals surface area contributed by atoms with E-state index in [4.69, 9.17) is 16.3 Å². The molecule has 1 amide bonds. The number of hydrogen-bond acceptors (Lipinski definition) is 4. The SMILES string of the molecule is CN1CCCCN(S(=O)(=O)c2ccccc2F)[C@H](Cc2ccccc2)COc2ccc(Cl)cc2C1=O. The molecule has 0 spiro atoms. The normalized spacial score (nSPS) is 18.0. The average molecular weight is 531 g/mol. The van der Waals surface area contributed by atoms with E-state index in [0.717, 1.165) is 11.6 Å². The molecule has 4 rings (SSSR count). The second-order valence-corrected chi connectivity index (χ2v) is 11.1. The van der Waals surface area contributed by atoms with Gasteiger partial charge in [0, 0.05) is 25.2 Å². The van der Waals surface area contributed by atoms with Crippen LogP contribution in [0.15, 0.2) is 77.7 Å². The summed E-state index contributed by atoms with van der Waals surface area (Å²) in [5.41, 5.74) is 1.23. The molecule has 3 aromatic carbocycles. The largest absolute Gasteiger partial charge is 0.491 e. The number of hydrogen-bond donors (Lipinski definition) is 0. The summed E-state index contributed by atoms with van der Waals surface area (Å²) >= 11 is 6.17. The first-order chi connectivity index (χ1) is 17.3. The average Bonchev–Trinajstić information content (AvgIpc) is 2.86. The Balaban J connectivity index is 1.77. The molecule has 0 saturated heterocycles. The van der Waals surface area contributed by atoms with Crippen LogP contribution in [0, 0.1) is 5.82 Å². The molecule has 1 aliphatic heterocycles. The number of rotatable bonds is 4. The fraction of sp³-hybridized carbons (Fsp3) is 0.296. The Kier molecular flexibility index (Phi) is 8.28. The summed E-state index contributed by atoms with van der Waals surface area (Å²) in [4.78, 5) is 14.3. The summed E-state index contributed by atoms with van der Waals surface area (Å²) < 4.78 is 49.7. The van der Waals surface area contributed by atoms with E-state index in [1.54, 1.807) is 30.1 Å². The minimum Gasteiger partial charge on any atom is -0.491 e. The van der Waals surface area contributed by atoms with Crippen LogP contribution in [0.25, 0.3) is 0 Å². The molecule has 0 unspecified atom stereocenters. The van der Waals surface area contributed by atoms with Crippen molar-refractivity contribution in [2.45, 2.75) is 30.2 Å². The molecule has 1 aliphatic rings. The summed E-state index contributed by atoms with van der Waals surface area (Å²) in [7, 11) is -2.50. The van der Waals surface area contributed by atoms with E-state index in [-0.39, 0.29) is 24.0 Å². The summed E-state index contributed by atoms with van der Waals surface area (Å²) in [6, 6.07) is 19.0. The summed E-state index contributed by atoms with van der Waals surface area (Å²) in [5.74, 6) is -0.699. The minimum absolute atomic E-state index is 0.0335. The Morgan fingerprint density at radius 3 is 2.44 bits per heavy atom. The van der Waals surface area contributed by atoms with E-state index in [1.165, 1.54) is 22.5 Å². The van der Waals surface area contributed by atoms with Crippen LogP contribution in [0.1, 0.15) is 28.8 Å². The van der Waals surface area contributed by atoms with Gasteiger partial charge in [0.05, 0.1) is 11.6 Å². The fourth-order valence-electron chi connectivity index (χ4n) is 4.31. The van der Waals surface area contributed by atoms with Crippen LogP contribution in [0.3, 0.4) is 0 Å². The lowest BCUT2D eigenvalue weighted by Gasteiger charge is -2.32. The minimum atomic E-state index is -4.18. The van der Waals surface area contributed by atoms with Gasteiger partial charge in [-0.05, 0) is 55.2 Å². The van der Waals surface area contributed by atoms with E-state index < -0.39 is 21.9 Å². The Labute approximate surface area is 216 Å². The zero-order valence-electron chi connectivity index (χ0n) is 19.9. The highest BCUT2D eigenvalue weighted by atomic mass is 35.5. The highest BCUT2D eigenvalue weighted by molar-refractivity contribution is 7.89. The van der Waals surface area contributed by atoms with E-state index in [9.17, 15) is 17.6 Å². The van der Waals surface area contributed by atoms with Crippen molar-refractivity contribution in [1.82, 2.24) is 9.21 Å². The van der Waals surface area contributed by atoms with Gasteiger partial charge in [0.1, 0.15) is 23.1 Å². The smallest absolute Gasteiger partial charge is 0.257 e. The van der Waals surface area contributed by atoms with Gasteiger partial charge in [-0.1, -0.05) is 54.1 Å². The summed E-state index contributed by atoms with van der Waals surface area (Å²) in [5, 5.41) is 0.399. The van der Waals surface area contributed by atoms with Crippen LogP contribution in [0.2, 0.25) is 5.02 Å². The van der Waals surface area contributed by atoms with Crippen LogP contribution >= 0.6 is 11.6 Å². The predicted molar refractivity (Wildman–Crippen MR) is 137 cm³/mol. The molecule has 0 saturated carbocycles. The number of carbonyl (C=O) groups excluding carboxylic acids is 1. The molecule has 1 atom stereocenters. The molecule has 0 aliphatic carbocycles.